The van der Waals surface area contributed by atoms with Crippen LogP contribution >= 0.6 is 0 Å². The lowest BCUT2D eigenvalue weighted by molar-refractivity contribution is 0.136. The lowest BCUT2D eigenvalue weighted by atomic mass is 9.78. The summed E-state index contributed by atoms with van der Waals surface area (Å²) in [7, 11) is 0. The third-order valence-electron chi connectivity index (χ3n) is 3.45. The van der Waals surface area contributed by atoms with E-state index in [1.54, 1.807) is 0 Å². The molecular formula is C15H30O. The quantitative estimate of drug-likeness (QED) is 0.590. The lowest BCUT2D eigenvalue weighted by Gasteiger charge is -2.27. The fourth-order valence-corrected chi connectivity index (χ4v) is 2.58. The van der Waals surface area contributed by atoms with Crippen molar-refractivity contribution in [3.05, 3.63) is 13.2 Å². The molecule has 0 radical (unpaired) electrons. The van der Waals surface area contributed by atoms with Crippen LogP contribution in [0.1, 0.15) is 59.3 Å². The van der Waals surface area contributed by atoms with Crippen LogP contribution in [0, 0.1) is 11.3 Å². The highest BCUT2D eigenvalue weighted by atomic mass is 16.5. The van der Waals surface area contributed by atoms with E-state index in [4.69, 9.17) is 4.74 Å². The fraction of sp³-hybridized carbons (Fsp3) is 0.867. The third-order valence-corrected chi connectivity index (χ3v) is 3.45. The summed E-state index contributed by atoms with van der Waals surface area (Å²) in [4.78, 5) is 0. The van der Waals surface area contributed by atoms with Crippen LogP contribution in [0.5, 0.6) is 0 Å². The average molecular weight is 226 g/mol. The van der Waals surface area contributed by atoms with Gasteiger partial charge in [0.1, 0.15) is 0 Å². The van der Waals surface area contributed by atoms with E-state index in [0.717, 1.165) is 19.1 Å². The highest BCUT2D eigenvalue weighted by Gasteiger charge is 2.33. The Labute approximate surface area is 102 Å². The van der Waals surface area contributed by atoms with Crippen LogP contribution < -0.4 is 0 Å². The second kappa shape index (κ2) is 8.81. The number of ether oxygens (including phenoxy) is 1. The minimum atomic E-state index is 0.559. The molecule has 1 aliphatic rings. The van der Waals surface area contributed by atoms with Crippen molar-refractivity contribution in [2.24, 2.45) is 11.3 Å². The number of rotatable bonds is 6. The van der Waals surface area contributed by atoms with Gasteiger partial charge in [0.05, 0.1) is 6.61 Å². The summed E-state index contributed by atoms with van der Waals surface area (Å²) in [5.41, 5.74) is 0.559. The molecule has 0 spiro atoms. The number of hydrogen-bond acceptors (Lipinski definition) is 1. The molecule has 16 heavy (non-hydrogen) atoms. The van der Waals surface area contributed by atoms with Crippen molar-refractivity contribution < 1.29 is 4.74 Å². The van der Waals surface area contributed by atoms with E-state index >= 15 is 0 Å². The summed E-state index contributed by atoms with van der Waals surface area (Å²) in [6, 6.07) is 0. The first-order chi connectivity index (χ1) is 7.68. The molecule has 1 heteroatoms. The van der Waals surface area contributed by atoms with Gasteiger partial charge in [-0.15, -0.1) is 13.2 Å². The van der Waals surface area contributed by atoms with E-state index in [-0.39, 0.29) is 0 Å². The normalized spacial score (nSPS) is 24.2. The Hall–Kier alpha value is -0.300. The van der Waals surface area contributed by atoms with E-state index in [1.165, 1.54) is 38.5 Å². The molecule has 1 nitrogen and oxygen atoms in total. The molecule has 1 aliphatic heterocycles. The summed E-state index contributed by atoms with van der Waals surface area (Å²) in [5.74, 6) is 0.857. The average Bonchev–Trinajstić information content (AvgIpc) is 2.70. The van der Waals surface area contributed by atoms with Gasteiger partial charge in [-0.05, 0) is 30.6 Å². The van der Waals surface area contributed by atoms with Crippen LogP contribution in [0.2, 0.25) is 0 Å². The maximum Gasteiger partial charge on any atom is 0.0523 e. The molecule has 1 saturated heterocycles. The predicted octanol–water partition coefficient (Wildman–Crippen LogP) is 4.82. The Morgan fingerprint density at radius 3 is 2.38 bits per heavy atom. The molecule has 1 unspecified atom stereocenters. The van der Waals surface area contributed by atoms with Crippen LogP contribution in [0.4, 0.5) is 0 Å². The van der Waals surface area contributed by atoms with Crippen molar-refractivity contribution in [2.45, 2.75) is 59.3 Å². The first-order valence-corrected chi connectivity index (χ1v) is 6.76. The molecule has 1 atom stereocenters. The van der Waals surface area contributed by atoms with Gasteiger partial charge < -0.3 is 4.74 Å². The third kappa shape index (κ3) is 5.69. The zero-order chi connectivity index (χ0) is 12.4. The molecule has 1 fully saturated rings. The first kappa shape index (κ1) is 15.7. The maximum absolute atomic E-state index is 5.57. The van der Waals surface area contributed by atoms with E-state index in [1.807, 2.05) is 0 Å². The van der Waals surface area contributed by atoms with Gasteiger partial charge in [-0.25, -0.2) is 0 Å². The summed E-state index contributed by atoms with van der Waals surface area (Å²) < 4.78 is 5.57. The molecule has 0 aromatic heterocycles. The van der Waals surface area contributed by atoms with Crippen LogP contribution in [0.3, 0.4) is 0 Å². The Balaban J connectivity index is 0.00000106. The molecule has 0 saturated carbocycles. The van der Waals surface area contributed by atoms with Crippen molar-refractivity contribution in [1.29, 1.82) is 0 Å². The summed E-state index contributed by atoms with van der Waals surface area (Å²) in [6.45, 7) is 15.0. The summed E-state index contributed by atoms with van der Waals surface area (Å²) >= 11 is 0. The Morgan fingerprint density at radius 1 is 1.25 bits per heavy atom. The minimum absolute atomic E-state index is 0.559. The predicted molar refractivity (Wildman–Crippen MR) is 72.7 cm³/mol. The van der Waals surface area contributed by atoms with Crippen molar-refractivity contribution in [3.8, 4) is 0 Å². The largest absolute Gasteiger partial charge is 0.381 e. The van der Waals surface area contributed by atoms with E-state index < -0.39 is 0 Å². The summed E-state index contributed by atoms with van der Waals surface area (Å²) in [6.07, 6.45) is 8.14. The van der Waals surface area contributed by atoms with E-state index in [9.17, 15) is 0 Å². The topological polar surface area (TPSA) is 9.23 Å². The van der Waals surface area contributed by atoms with Crippen molar-refractivity contribution in [1.82, 2.24) is 0 Å². The van der Waals surface area contributed by atoms with Crippen LogP contribution in [-0.2, 0) is 4.74 Å². The molecule has 0 aromatic rings. The second-order valence-corrected chi connectivity index (χ2v) is 5.34. The SMILES string of the molecule is C=C.CCCC1(CCCC(C)C)CCOC1. The smallest absolute Gasteiger partial charge is 0.0523 e. The van der Waals surface area contributed by atoms with Gasteiger partial charge in [-0.3, -0.25) is 0 Å². The van der Waals surface area contributed by atoms with Crippen LogP contribution in [0.25, 0.3) is 0 Å². The van der Waals surface area contributed by atoms with Crippen LogP contribution in [-0.4, -0.2) is 13.2 Å². The minimum Gasteiger partial charge on any atom is -0.381 e. The van der Waals surface area contributed by atoms with Gasteiger partial charge in [0.15, 0.2) is 0 Å². The lowest BCUT2D eigenvalue weighted by Crippen LogP contribution is -2.20. The zero-order valence-corrected chi connectivity index (χ0v) is 11.6. The molecule has 1 rings (SSSR count). The molecule has 96 valence electrons. The molecule has 0 bridgehead atoms. The van der Waals surface area contributed by atoms with Gasteiger partial charge in [-0.2, -0.15) is 0 Å². The van der Waals surface area contributed by atoms with E-state index in [0.29, 0.717) is 5.41 Å². The Bertz CT molecular complexity index is 157. The molecule has 1 heterocycles. The number of hydrogen-bond donors (Lipinski definition) is 0. The van der Waals surface area contributed by atoms with Crippen molar-refractivity contribution in [2.75, 3.05) is 13.2 Å². The maximum atomic E-state index is 5.57. The van der Waals surface area contributed by atoms with Gasteiger partial charge in [0.2, 0.25) is 0 Å². The van der Waals surface area contributed by atoms with Gasteiger partial charge in [0.25, 0.3) is 0 Å². The van der Waals surface area contributed by atoms with Crippen molar-refractivity contribution >= 4 is 0 Å². The molecular weight excluding hydrogens is 196 g/mol. The molecule has 0 aromatic carbocycles. The molecule has 0 amide bonds. The van der Waals surface area contributed by atoms with Gasteiger partial charge in [0, 0.05) is 6.61 Å². The first-order valence-electron chi connectivity index (χ1n) is 6.76. The Kier molecular flexibility index (Phi) is 8.64. The Morgan fingerprint density at radius 2 is 1.94 bits per heavy atom. The van der Waals surface area contributed by atoms with E-state index in [2.05, 4.69) is 33.9 Å². The van der Waals surface area contributed by atoms with Gasteiger partial charge in [-0.1, -0.05) is 40.0 Å². The molecule has 0 aliphatic carbocycles. The zero-order valence-electron chi connectivity index (χ0n) is 11.6. The fourth-order valence-electron chi connectivity index (χ4n) is 2.58. The van der Waals surface area contributed by atoms with Crippen LogP contribution in [0.15, 0.2) is 13.2 Å². The van der Waals surface area contributed by atoms with Gasteiger partial charge >= 0.3 is 0 Å². The second-order valence-electron chi connectivity index (χ2n) is 5.34. The standard InChI is InChI=1S/C13H26O.C2H4/c1-4-7-13(9-10-14-11-13)8-5-6-12(2)3;1-2/h12H,4-11H2,1-3H3;1-2H2. The summed E-state index contributed by atoms with van der Waals surface area (Å²) in [5, 5.41) is 0. The highest BCUT2D eigenvalue weighted by Crippen LogP contribution is 2.38. The molecule has 0 N–H and O–H groups in total. The monoisotopic (exact) mass is 226 g/mol. The van der Waals surface area contributed by atoms with Crippen molar-refractivity contribution in [3.63, 3.8) is 0 Å². The highest BCUT2D eigenvalue weighted by molar-refractivity contribution is 4.82.